The van der Waals surface area contributed by atoms with Crippen molar-refractivity contribution < 1.29 is 14.0 Å². The highest BCUT2D eigenvalue weighted by Gasteiger charge is 2.44. The Bertz CT molecular complexity index is 722. The van der Waals surface area contributed by atoms with E-state index < -0.39 is 5.41 Å². The van der Waals surface area contributed by atoms with Crippen LogP contribution in [0.2, 0.25) is 0 Å². The van der Waals surface area contributed by atoms with E-state index in [1.807, 2.05) is 30.3 Å². The van der Waals surface area contributed by atoms with E-state index in [9.17, 15) is 14.0 Å². The molecule has 0 bridgehead atoms. The van der Waals surface area contributed by atoms with E-state index in [1.54, 1.807) is 24.1 Å². The summed E-state index contributed by atoms with van der Waals surface area (Å²) in [6, 6.07) is 15.4. The molecule has 6 heteroatoms. The fraction of sp³-hybridized carbons (Fsp3) is 0.300. The number of aldehydes is 1. The zero-order chi connectivity index (χ0) is 19.0. The van der Waals surface area contributed by atoms with Crippen LogP contribution in [0, 0.1) is 11.2 Å². The summed E-state index contributed by atoms with van der Waals surface area (Å²) in [5.74, 6) is 4.05. The highest BCUT2D eigenvalue weighted by atomic mass is 19.1. The van der Waals surface area contributed by atoms with Crippen molar-refractivity contribution in [1.82, 2.24) is 5.43 Å². The van der Waals surface area contributed by atoms with Gasteiger partial charge in [-0.15, -0.1) is 0 Å². The lowest BCUT2D eigenvalue weighted by molar-refractivity contribution is -0.136. The van der Waals surface area contributed by atoms with Gasteiger partial charge in [-0.2, -0.15) is 0 Å². The minimum absolute atomic E-state index is 0.200. The maximum atomic E-state index is 13.1. The maximum absolute atomic E-state index is 13.1. The second-order valence-corrected chi connectivity index (χ2v) is 6.26. The Hall–Kier alpha value is -2.57. The van der Waals surface area contributed by atoms with Gasteiger partial charge in [-0.3, -0.25) is 16.1 Å². The van der Waals surface area contributed by atoms with Crippen LogP contribution in [-0.4, -0.2) is 25.8 Å². The summed E-state index contributed by atoms with van der Waals surface area (Å²) in [7, 11) is 1.65. The van der Waals surface area contributed by atoms with Gasteiger partial charge in [0.1, 0.15) is 17.5 Å². The zero-order valence-corrected chi connectivity index (χ0v) is 14.8. The second kappa shape index (κ2) is 9.22. The molecule has 1 aliphatic rings. The van der Waals surface area contributed by atoms with Crippen molar-refractivity contribution in [1.29, 1.82) is 0 Å². The van der Waals surface area contributed by atoms with Crippen molar-refractivity contribution in [3.63, 3.8) is 0 Å². The second-order valence-electron chi connectivity index (χ2n) is 6.26. The Morgan fingerprint density at radius 2 is 1.81 bits per heavy atom. The Balaban J connectivity index is 0.000000758. The minimum atomic E-state index is -1.03. The summed E-state index contributed by atoms with van der Waals surface area (Å²) in [6.07, 6.45) is 2.47. The number of benzene rings is 2. The average Bonchev–Trinajstić information content (AvgIpc) is 2.66. The quantitative estimate of drug-likeness (QED) is 0.381. The molecule has 1 saturated heterocycles. The van der Waals surface area contributed by atoms with Gasteiger partial charge in [0.05, 0.1) is 0 Å². The van der Waals surface area contributed by atoms with Gasteiger partial charge in [0.15, 0.2) is 0 Å². The van der Waals surface area contributed by atoms with Crippen molar-refractivity contribution >= 4 is 17.9 Å². The number of halogens is 1. The molecule has 1 atom stereocenters. The van der Waals surface area contributed by atoms with Crippen molar-refractivity contribution in [3.05, 3.63) is 66.0 Å². The van der Waals surface area contributed by atoms with Crippen LogP contribution in [0.1, 0.15) is 18.4 Å². The molecule has 0 radical (unpaired) electrons. The van der Waals surface area contributed by atoms with Crippen molar-refractivity contribution in [2.75, 3.05) is 18.5 Å². The van der Waals surface area contributed by atoms with Crippen LogP contribution >= 0.6 is 0 Å². The third-order valence-corrected chi connectivity index (χ3v) is 4.40. The molecule has 26 heavy (non-hydrogen) atoms. The number of anilines is 1. The highest BCUT2D eigenvalue weighted by Crippen LogP contribution is 2.35. The molecule has 0 spiro atoms. The van der Waals surface area contributed by atoms with Crippen LogP contribution in [0.5, 0.6) is 0 Å². The first-order chi connectivity index (χ1) is 12.6. The predicted molar refractivity (Wildman–Crippen MR) is 99.9 cm³/mol. The molecule has 0 saturated carbocycles. The molecule has 138 valence electrons. The molecule has 1 heterocycles. The van der Waals surface area contributed by atoms with Crippen molar-refractivity contribution in [2.24, 2.45) is 11.3 Å². The number of hydrogen-bond donors (Lipinski definition) is 2. The number of nitrogens with zero attached hydrogens (tertiary/aromatic N) is 1. The van der Waals surface area contributed by atoms with Crippen LogP contribution in [0.25, 0.3) is 0 Å². The topological polar surface area (TPSA) is 75.4 Å². The van der Waals surface area contributed by atoms with Gasteiger partial charge in [0.25, 0.3) is 0 Å². The van der Waals surface area contributed by atoms with E-state index in [2.05, 4.69) is 11.3 Å². The first kappa shape index (κ1) is 19.8. The molecule has 3 rings (SSSR count). The average molecular weight is 357 g/mol. The fourth-order valence-electron chi connectivity index (χ4n) is 3.17. The monoisotopic (exact) mass is 357 g/mol. The molecule has 1 fully saturated rings. The summed E-state index contributed by atoms with van der Waals surface area (Å²) in [5.41, 5.74) is 2.82. The summed E-state index contributed by atoms with van der Waals surface area (Å²) in [6.45, 7) is 0.550. The lowest BCUT2D eigenvalue weighted by atomic mass is 9.75. The lowest BCUT2D eigenvalue weighted by Gasteiger charge is -2.38. The Morgan fingerprint density at radius 3 is 2.38 bits per heavy atom. The first-order valence-corrected chi connectivity index (χ1v) is 8.51. The van der Waals surface area contributed by atoms with Crippen molar-refractivity contribution in [2.45, 2.75) is 19.3 Å². The van der Waals surface area contributed by atoms with Crippen LogP contribution in [0.15, 0.2) is 54.6 Å². The smallest absolute Gasteiger partial charge is 0.240 e. The van der Waals surface area contributed by atoms with E-state index in [0.29, 0.717) is 25.1 Å². The maximum Gasteiger partial charge on any atom is 0.240 e. The van der Waals surface area contributed by atoms with Gasteiger partial charge in [0.2, 0.25) is 5.91 Å². The number of carbonyl (C=O) groups is 2. The van der Waals surface area contributed by atoms with Gasteiger partial charge >= 0.3 is 0 Å². The summed E-state index contributed by atoms with van der Waals surface area (Å²) < 4.78 is 13.1. The number of nitrogens with two attached hydrogens (primary N) is 1. The Morgan fingerprint density at radius 1 is 1.19 bits per heavy atom. The van der Waals surface area contributed by atoms with Gasteiger partial charge in [-0.1, -0.05) is 30.3 Å². The molecule has 2 aromatic carbocycles. The van der Waals surface area contributed by atoms with E-state index in [1.165, 1.54) is 12.1 Å². The van der Waals surface area contributed by atoms with Crippen LogP contribution in [0.4, 0.5) is 10.1 Å². The number of amides is 1. The van der Waals surface area contributed by atoms with Crippen LogP contribution in [-0.2, 0) is 16.0 Å². The molecule has 0 aromatic heterocycles. The van der Waals surface area contributed by atoms with E-state index in [4.69, 9.17) is 0 Å². The summed E-state index contributed by atoms with van der Waals surface area (Å²) >= 11 is 0. The molecular weight excluding hydrogens is 333 g/mol. The Labute approximate surface area is 153 Å². The Kier molecular flexibility index (Phi) is 7.00. The summed E-state index contributed by atoms with van der Waals surface area (Å²) in [4.78, 5) is 26.4. The predicted octanol–water partition coefficient (Wildman–Crippen LogP) is 2.46. The molecular formula is C20H24FN3O2. The van der Waals surface area contributed by atoms with Gasteiger partial charge in [-0.05, 0) is 56.1 Å². The van der Waals surface area contributed by atoms with Gasteiger partial charge in [0, 0.05) is 12.2 Å². The third-order valence-electron chi connectivity index (χ3n) is 4.40. The number of rotatable bonds is 4. The minimum Gasteiger partial charge on any atom is -0.312 e. The highest BCUT2D eigenvalue weighted by molar-refractivity contribution is 6.07. The van der Waals surface area contributed by atoms with E-state index >= 15 is 0 Å². The SMILES string of the molecule is CNN.O=C[C@@]1(Cc2ccccc2)CCCN(c2ccc(F)cc2)C1=O. The van der Waals surface area contributed by atoms with Crippen LogP contribution < -0.4 is 16.2 Å². The summed E-state index contributed by atoms with van der Waals surface area (Å²) in [5, 5.41) is 0. The molecule has 3 N–H and O–H groups in total. The first-order valence-electron chi connectivity index (χ1n) is 8.51. The molecule has 5 nitrogen and oxygen atoms in total. The fourth-order valence-corrected chi connectivity index (χ4v) is 3.17. The molecule has 0 aliphatic carbocycles. The van der Waals surface area contributed by atoms with Crippen LogP contribution in [0.3, 0.4) is 0 Å². The molecule has 0 unspecified atom stereocenters. The largest absolute Gasteiger partial charge is 0.312 e. The van der Waals surface area contributed by atoms with Gasteiger partial charge < -0.3 is 9.69 Å². The number of hydrazine groups is 1. The van der Waals surface area contributed by atoms with E-state index in [-0.39, 0.29) is 11.7 Å². The lowest BCUT2D eigenvalue weighted by Crippen LogP contribution is -2.51. The zero-order valence-electron chi connectivity index (χ0n) is 14.8. The number of carbonyl (C=O) groups excluding carboxylic acids is 2. The van der Waals surface area contributed by atoms with Crippen molar-refractivity contribution in [3.8, 4) is 0 Å². The number of piperidine rings is 1. The van der Waals surface area contributed by atoms with E-state index in [0.717, 1.165) is 18.3 Å². The normalized spacial score (nSPS) is 19.5. The third kappa shape index (κ3) is 4.53. The van der Waals surface area contributed by atoms with Gasteiger partial charge in [-0.25, -0.2) is 4.39 Å². The standard InChI is InChI=1S/C19H18FNO2.CH6N2/c20-16-7-9-17(10-8-16)21-12-4-11-19(14-22,18(21)23)13-15-5-2-1-3-6-15;1-3-2/h1-3,5-10,14H,4,11-13H2;3H,2H2,1H3/t19-;/m0./s1. The number of hydrogen-bond acceptors (Lipinski definition) is 4. The number of nitrogens with one attached hydrogen (secondary N) is 1. The molecule has 1 amide bonds. The molecule has 2 aromatic rings. The molecule has 1 aliphatic heterocycles.